The molecule has 1 saturated heterocycles. The Hall–Kier alpha value is -2.67. The van der Waals surface area contributed by atoms with Crippen molar-refractivity contribution in [2.24, 2.45) is 0 Å². The number of ether oxygens (including phenoxy) is 1. The van der Waals surface area contributed by atoms with Crippen molar-refractivity contribution in [1.29, 1.82) is 0 Å². The lowest BCUT2D eigenvalue weighted by Crippen LogP contribution is -2.47. The third-order valence-corrected chi connectivity index (χ3v) is 5.80. The summed E-state index contributed by atoms with van der Waals surface area (Å²) in [4.78, 5) is 4.89. The molecule has 0 N–H and O–H groups in total. The zero-order valence-electron chi connectivity index (χ0n) is 16.3. The van der Waals surface area contributed by atoms with Crippen LogP contribution in [-0.2, 0) is 6.42 Å². The maximum absolute atomic E-state index is 5.47. The Bertz CT molecular complexity index is 958. The molecule has 28 heavy (non-hydrogen) atoms. The SMILES string of the molecule is COc1ccccc1CCN1CCN(c2ccc3nnc(C4CC4)n3n2)CC1. The number of methoxy groups -OCH3 is 1. The zero-order chi connectivity index (χ0) is 18.9. The molecule has 0 radical (unpaired) electrons. The summed E-state index contributed by atoms with van der Waals surface area (Å²) >= 11 is 0. The predicted octanol–water partition coefficient (Wildman–Crippen LogP) is 2.38. The molecule has 2 aliphatic rings. The van der Waals surface area contributed by atoms with E-state index in [2.05, 4.69) is 38.2 Å². The molecule has 2 fully saturated rings. The maximum Gasteiger partial charge on any atom is 0.178 e. The van der Waals surface area contributed by atoms with Gasteiger partial charge in [-0.1, -0.05) is 18.2 Å². The number of aromatic nitrogens is 4. The van der Waals surface area contributed by atoms with Gasteiger partial charge < -0.3 is 9.64 Å². The molecule has 0 amide bonds. The molecule has 5 rings (SSSR count). The molecule has 7 heteroatoms. The van der Waals surface area contributed by atoms with Crippen molar-refractivity contribution >= 4 is 11.5 Å². The van der Waals surface area contributed by atoms with Gasteiger partial charge in [-0.3, -0.25) is 4.90 Å². The molecule has 1 aliphatic carbocycles. The number of nitrogens with zero attached hydrogens (tertiary/aromatic N) is 6. The summed E-state index contributed by atoms with van der Waals surface area (Å²) in [7, 11) is 1.74. The molecule has 3 aromatic rings. The average Bonchev–Trinajstić information content (AvgIpc) is 3.51. The molecule has 0 unspecified atom stereocenters. The van der Waals surface area contributed by atoms with Crippen LogP contribution in [-0.4, -0.2) is 64.5 Å². The smallest absolute Gasteiger partial charge is 0.178 e. The minimum Gasteiger partial charge on any atom is -0.496 e. The van der Waals surface area contributed by atoms with Gasteiger partial charge in [0, 0.05) is 38.6 Å². The quantitative estimate of drug-likeness (QED) is 0.656. The van der Waals surface area contributed by atoms with E-state index >= 15 is 0 Å². The second-order valence-electron chi connectivity index (χ2n) is 7.68. The first-order valence-electron chi connectivity index (χ1n) is 10.1. The Balaban J connectivity index is 1.21. The fraction of sp³-hybridized carbons (Fsp3) is 0.476. The van der Waals surface area contributed by atoms with Gasteiger partial charge in [-0.25, -0.2) is 0 Å². The van der Waals surface area contributed by atoms with Crippen LogP contribution < -0.4 is 9.64 Å². The summed E-state index contributed by atoms with van der Waals surface area (Å²) in [6.07, 6.45) is 3.43. The number of para-hydroxylation sites is 1. The lowest BCUT2D eigenvalue weighted by Gasteiger charge is -2.35. The van der Waals surface area contributed by atoms with Crippen molar-refractivity contribution in [3.8, 4) is 5.75 Å². The van der Waals surface area contributed by atoms with Crippen LogP contribution in [0.15, 0.2) is 36.4 Å². The van der Waals surface area contributed by atoms with Gasteiger partial charge in [-0.2, -0.15) is 4.52 Å². The number of hydrogen-bond donors (Lipinski definition) is 0. The summed E-state index contributed by atoms with van der Waals surface area (Å²) in [5, 5.41) is 13.4. The molecule has 1 saturated carbocycles. The third-order valence-electron chi connectivity index (χ3n) is 5.80. The summed E-state index contributed by atoms with van der Waals surface area (Å²) in [5.74, 6) is 3.58. The Morgan fingerprint density at radius 3 is 2.61 bits per heavy atom. The topological polar surface area (TPSA) is 58.8 Å². The van der Waals surface area contributed by atoms with Gasteiger partial charge in [0.1, 0.15) is 11.6 Å². The molecular weight excluding hydrogens is 352 g/mol. The van der Waals surface area contributed by atoms with Crippen LogP contribution in [0.2, 0.25) is 0 Å². The summed E-state index contributed by atoms with van der Waals surface area (Å²) < 4.78 is 7.42. The third kappa shape index (κ3) is 3.42. The van der Waals surface area contributed by atoms with E-state index < -0.39 is 0 Å². The van der Waals surface area contributed by atoms with Crippen LogP contribution >= 0.6 is 0 Å². The highest BCUT2D eigenvalue weighted by Gasteiger charge is 2.29. The second kappa shape index (κ2) is 7.39. The van der Waals surface area contributed by atoms with E-state index in [-0.39, 0.29) is 0 Å². The van der Waals surface area contributed by atoms with Crippen LogP contribution in [0.4, 0.5) is 5.82 Å². The van der Waals surface area contributed by atoms with Crippen molar-refractivity contribution in [3.05, 3.63) is 47.8 Å². The maximum atomic E-state index is 5.47. The Morgan fingerprint density at radius 1 is 1.00 bits per heavy atom. The Kier molecular flexibility index (Phi) is 4.60. The van der Waals surface area contributed by atoms with Gasteiger partial charge in [0.05, 0.1) is 7.11 Å². The van der Waals surface area contributed by atoms with Crippen LogP contribution in [0, 0.1) is 0 Å². The summed E-state index contributed by atoms with van der Waals surface area (Å²) in [5.41, 5.74) is 2.13. The van der Waals surface area contributed by atoms with Crippen molar-refractivity contribution in [3.63, 3.8) is 0 Å². The number of fused-ring (bicyclic) bond motifs is 1. The number of piperazine rings is 1. The number of anilines is 1. The zero-order valence-corrected chi connectivity index (χ0v) is 16.3. The predicted molar refractivity (Wildman–Crippen MR) is 108 cm³/mol. The van der Waals surface area contributed by atoms with Crippen LogP contribution in [0.25, 0.3) is 5.65 Å². The van der Waals surface area contributed by atoms with E-state index in [1.165, 1.54) is 18.4 Å². The molecule has 7 nitrogen and oxygen atoms in total. The van der Waals surface area contributed by atoms with Gasteiger partial charge in [0.15, 0.2) is 11.5 Å². The van der Waals surface area contributed by atoms with E-state index in [0.29, 0.717) is 5.92 Å². The minimum absolute atomic E-state index is 0.546. The highest BCUT2D eigenvalue weighted by molar-refractivity contribution is 5.46. The van der Waals surface area contributed by atoms with Crippen molar-refractivity contribution < 1.29 is 4.74 Å². The molecule has 146 valence electrons. The monoisotopic (exact) mass is 378 g/mol. The fourth-order valence-corrected chi connectivity index (χ4v) is 3.95. The molecule has 0 spiro atoms. The Labute approximate surface area is 164 Å². The first kappa shape index (κ1) is 17.4. The molecular formula is C21H26N6O. The second-order valence-corrected chi connectivity index (χ2v) is 7.68. The minimum atomic E-state index is 0.546. The normalized spacial score (nSPS) is 18.0. The van der Waals surface area contributed by atoms with Gasteiger partial charge >= 0.3 is 0 Å². The average molecular weight is 378 g/mol. The first-order valence-corrected chi connectivity index (χ1v) is 10.1. The summed E-state index contributed by atoms with van der Waals surface area (Å²) in [6.45, 7) is 5.13. The van der Waals surface area contributed by atoms with E-state index in [0.717, 1.165) is 62.2 Å². The lowest BCUT2D eigenvalue weighted by atomic mass is 10.1. The molecule has 1 aliphatic heterocycles. The number of benzene rings is 1. The molecule has 0 bridgehead atoms. The van der Waals surface area contributed by atoms with E-state index in [1.807, 2.05) is 22.7 Å². The van der Waals surface area contributed by atoms with Gasteiger partial charge in [-0.15, -0.1) is 15.3 Å². The standard InChI is InChI=1S/C21H26N6O/c1-28-18-5-3-2-4-16(18)10-11-25-12-14-26(15-13-25)20-9-8-19-22-23-21(17-6-7-17)27(19)24-20/h2-5,8-9,17H,6-7,10-15H2,1H3. The van der Waals surface area contributed by atoms with Crippen molar-refractivity contribution in [2.75, 3.05) is 44.7 Å². The van der Waals surface area contributed by atoms with Crippen LogP contribution in [0.5, 0.6) is 5.75 Å². The van der Waals surface area contributed by atoms with Crippen molar-refractivity contribution in [2.45, 2.75) is 25.2 Å². The van der Waals surface area contributed by atoms with Gasteiger partial charge in [0.2, 0.25) is 0 Å². The van der Waals surface area contributed by atoms with Crippen LogP contribution in [0.3, 0.4) is 0 Å². The number of hydrogen-bond acceptors (Lipinski definition) is 6. The van der Waals surface area contributed by atoms with Gasteiger partial charge in [-0.05, 0) is 43.0 Å². The van der Waals surface area contributed by atoms with E-state index in [9.17, 15) is 0 Å². The molecule has 2 aromatic heterocycles. The lowest BCUT2D eigenvalue weighted by molar-refractivity contribution is 0.259. The van der Waals surface area contributed by atoms with E-state index in [4.69, 9.17) is 9.84 Å². The van der Waals surface area contributed by atoms with Gasteiger partial charge in [0.25, 0.3) is 0 Å². The highest BCUT2D eigenvalue weighted by Crippen LogP contribution is 2.38. The Morgan fingerprint density at radius 2 is 1.82 bits per heavy atom. The fourth-order valence-electron chi connectivity index (χ4n) is 3.95. The largest absolute Gasteiger partial charge is 0.496 e. The van der Waals surface area contributed by atoms with Crippen molar-refractivity contribution in [1.82, 2.24) is 24.7 Å². The summed E-state index contributed by atoms with van der Waals surface area (Å²) in [6, 6.07) is 12.4. The first-order chi connectivity index (χ1) is 13.8. The number of rotatable bonds is 6. The molecule has 1 aromatic carbocycles. The molecule has 3 heterocycles. The molecule has 0 atom stereocenters. The van der Waals surface area contributed by atoms with Crippen LogP contribution in [0.1, 0.15) is 30.1 Å². The highest BCUT2D eigenvalue weighted by atomic mass is 16.5. The van der Waals surface area contributed by atoms with E-state index in [1.54, 1.807) is 7.11 Å².